The second kappa shape index (κ2) is 8.38. The van der Waals surface area contributed by atoms with Gasteiger partial charge in [-0.1, -0.05) is 42.1 Å². The molecule has 4 atom stereocenters. The number of aryl methyl sites for hydroxylation is 1. The van der Waals surface area contributed by atoms with Crippen LogP contribution in [0.15, 0.2) is 59.0 Å². The molecule has 3 heterocycles. The van der Waals surface area contributed by atoms with E-state index in [1.807, 2.05) is 41.0 Å². The summed E-state index contributed by atoms with van der Waals surface area (Å²) in [4.78, 5) is 46.1. The average molecular weight is 540 g/mol. The number of anilines is 1. The zero-order valence-electron chi connectivity index (χ0n) is 20.6. The van der Waals surface area contributed by atoms with Gasteiger partial charge in [0, 0.05) is 11.1 Å². The van der Waals surface area contributed by atoms with Crippen molar-refractivity contribution in [3.8, 4) is 0 Å². The van der Waals surface area contributed by atoms with E-state index in [0.29, 0.717) is 11.4 Å². The minimum atomic E-state index is -0.206. The fourth-order valence-corrected chi connectivity index (χ4v) is 9.17. The summed E-state index contributed by atoms with van der Waals surface area (Å²) in [5, 5.41) is 1.20. The first-order chi connectivity index (χ1) is 18.6. The van der Waals surface area contributed by atoms with Gasteiger partial charge < -0.3 is 0 Å². The maximum Gasteiger partial charge on any atom is 0.241 e. The summed E-state index contributed by atoms with van der Waals surface area (Å²) in [6.07, 6.45) is 9.42. The first-order valence-corrected chi connectivity index (χ1v) is 15.1. The molecule has 0 N–H and O–H groups in total. The molecule has 8 heteroatoms. The lowest BCUT2D eigenvalue weighted by Gasteiger charge is -2.17. The molecule has 8 rings (SSSR count). The van der Waals surface area contributed by atoms with Crippen LogP contribution in [0.3, 0.4) is 0 Å². The molecule has 2 bridgehead atoms. The number of fused-ring (bicyclic) bond motifs is 9. The van der Waals surface area contributed by atoms with Crippen LogP contribution in [-0.2, 0) is 22.4 Å². The number of imide groups is 1. The van der Waals surface area contributed by atoms with E-state index in [-0.39, 0.29) is 41.4 Å². The van der Waals surface area contributed by atoms with Crippen LogP contribution in [0.2, 0.25) is 0 Å². The van der Waals surface area contributed by atoms with Crippen molar-refractivity contribution in [3.63, 3.8) is 0 Å². The molecule has 2 aromatic heterocycles. The molecule has 6 nitrogen and oxygen atoms in total. The van der Waals surface area contributed by atoms with Crippen LogP contribution >= 0.6 is 23.1 Å². The number of thioether (sulfide) groups is 1. The Bertz CT molecular complexity index is 1690. The summed E-state index contributed by atoms with van der Waals surface area (Å²) >= 11 is 2.96. The van der Waals surface area contributed by atoms with Gasteiger partial charge in [-0.15, -0.1) is 11.3 Å². The highest BCUT2D eigenvalue weighted by Crippen LogP contribution is 2.53. The highest BCUT2D eigenvalue weighted by atomic mass is 32.2. The maximum absolute atomic E-state index is 13.5. The van der Waals surface area contributed by atoms with Crippen molar-refractivity contribution in [2.45, 2.75) is 36.4 Å². The Morgan fingerprint density at radius 1 is 1.00 bits per heavy atom. The van der Waals surface area contributed by atoms with Crippen LogP contribution in [0.4, 0.5) is 5.69 Å². The second-order valence-corrected chi connectivity index (χ2v) is 13.1. The first kappa shape index (κ1) is 22.7. The molecule has 4 aliphatic rings. The predicted molar refractivity (Wildman–Crippen MR) is 150 cm³/mol. The van der Waals surface area contributed by atoms with Crippen LogP contribution in [0.5, 0.6) is 0 Å². The fraction of sp³-hybridized carbons (Fsp3) is 0.333. The van der Waals surface area contributed by atoms with Gasteiger partial charge in [0.15, 0.2) is 4.34 Å². The Balaban J connectivity index is 1.05. The lowest BCUT2D eigenvalue weighted by Crippen LogP contribution is -2.32. The van der Waals surface area contributed by atoms with Crippen molar-refractivity contribution in [3.05, 3.63) is 65.9 Å². The van der Waals surface area contributed by atoms with Gasteiger partial charge in [0.2, 0.25) is 17.7 Å². The van der Waals surface area contributed by atoms with E-state index >= 15 is 0 Å². The Morgan fingerprint density at radius 3 is 2.58 bits per heavy atom. The van der Waals surface area contributed by atoms with Crippen molar-refractivity contribution in [2.75, 3.05) is 10.7 Å². The van der Waals surface area contributed by atoms with Gasteiger partial charge >= 0.3 is 0 Å². The molecule has 1 aliphatic heterocycles. The van der Waals surface area contributed by atoms with Crippen molar-refractivity contribution in [1.29, 1.82) is 0 Å². The van der Waals surface area contributed by atoms with Crippen LogP contribution in [0.25, 0.3) is 21.1 Å². The van der Waals surface area contributed by atoms with Crippen molar-refractivity contribution in [1.82, 2.24) is 9.55 Å². The third-order valence-corrected chi connectivity index (χ3v) is 11.0. The second-order valence-electron chi connectivity index (χ2n) is 10.8. The number of benzene rings is 2. The molecule has 2 fully saturated rings. The van der Waals surface area contributed by atoms with Gasteiger partial charge in [0.1, 0.15) is 0 Å². The monoisotopic (exact) mass is 539 g/mol. The number of carbonyl (C=O) groups excluding carboxylic acids is 3. The summed E-state index contributed by atoms with van der Waals surface area (Å²) in [7, 11) is 0. The predicted octanol–water partition coefficient (Wildman–Crippen LogP) is 5.87. The molecule has 1 saturated carbocycles. The molecule has 3 aliphatic carbocycles. The third kappa shape index (κ3) is 3.19. The number of carbonyl (C=O) groups is 3. The molecule has 38 heavy (non-hydrogen) atoms. The molecule has 1 saturated heterocycles. The van der Waals surface area contributed by atoms with Gasteiger partial charge in [-0.3, -0.25) is 19.0 Å². The Hall–Kier alpha value is -3.23. The lowest BCUT2D eigenvalue weighted by atomic mass is 9.85. The number of rotatable bonds is 4. The number of aromatic nitrogens is 2. The smallest absolute Gasteiger partial charge is 0.241 e. The van der Waals surface area contributed by atoms with E-state index in [1.54, 1.807) is 0 Å². The lowest BCUT2D eigenvalue weighted by molar-refractivity contribution is -0.123. The third-order valence-electron chi connectivity index (χ3n) is 8.83. The van der Waals surface area contributed by atoms with Crippen LogP contribution < -0.4 is 4.90 Å². The first-order valence-electron chi connectivity index (χ1n) is 13.3. The van der Waals surface area contributed by atoms with Gasteiger partial charge in [0.05, 0.1) is 39.0 Å². The number of allylic oxidation sites excluding steroid dienone is 2. The highest BCUT2D eigenvalue weighted by Gasteiger charge is 2.59. The van der Waals surface area contributed by atoms with Crippen molar-refractivity contribution >= 4 is 67.6 Å². The van der Waals surface area contributed by atoms with E-state index in [4.69, 9.17) is 4.98 Å². The molecular weight excluding hydrogens is 514 g/mol. The Kier molecular flexibility index (Phi) is 5.01. The molecular formula is C30H25N3O3S2. The van der Waals surface area contributed by atoms with E-state index in [1.165, 1.54) is 51.1 Å². The molecule has 0 radical (unpaired) electrons. The minimum absolute atomic E-state index is 0.0665. The minimum Gasteiger partial charge on any atom is -0.283 e. The maximum atomic E-state index is 13.5. The molecule has 2 amide bonds. The summed E-state index contributed by atoms with van der Waals surface area (Å²) in [6, 6.07) is 13.8. The molecule has 190 valence electrons. The SMILES string of the molecule is O=C1C2C3C=CC(C3)C2C(=O)N1c1ccc2nc(SCC(=O)n3c4c(c5ccccc53)CCCC4)sc2c1. The van der Waals surface area contributed by atoms with Crippen LogP contribution in [-0.4, -0.2) is 33.0 Å². The van der Waals surface area contributed by atoms with E-state index in [0.717, 1.165) is 45.8 Å². The topological polar surface area (TPSA) is 72.3 Å². The summed E-state index contributed by atoms with van der Waals surface area (Å²) in [5.74, 6) is 0.234. The van der Waals surface area contributed by atoms with Crippen LogP contribution in [0.1, 0.15) is 35.3 Å². The number of hydrogen-bond acceptors (Lipinski definition) is 6. The fourth-order valence-electron chi connectivity index (χ4n) is 7.22. The zero-order chi connectivity index (χ0) is 25.5. The molecule has 4 aromatic rings. The standard InChI is InChI=1S/C30H25N3O3S2/c34-25(33-22-7-3-1-5-19(22)20-6-2-4-8-23(20)33)15-37-30-31-21-12-11-18(14-24(21)38-30)32-28(35)26-16-9-10-17(13-16)27(26)29(32)36/h1,3,5,7,9-12,14,16-17,26-27H,2,4,6,8,13,15H2. The number of thiazole rings is 1. The quantitative estimate of drug-likeness (QED) is 0.184. The summed E-state index contributed by atoms with van der Waals surface area (Å²) in [5.41, 5.74) is 4.95. The van der Waals surface area contributed by atoms with Gasteiger partial charge in [-0.25, -0.2) is 9.88 Å². The average Bonchev–Trinajstić information content (AvgIpc) is 3.74. The van der Waals surface area contributed by atoms with E-state index in [9.17, 15) is 14.4 Å². The van der Waals surface area contributed by atoms with E-state index < -0.39 is 0 Å². The van der Waals surface area contributed by atoms with E-state index in [2.05, 4.69) is 18.2 Å². The summed E-state index contributed by atoms with van der Waals surface area (Å²) < 4.78 is 3.67. The van der Waals surface area contributed by atoms with Gasteiger partial charge in [0.25, 0.3) is 0 Å². The normalized spacial score (nSPS) is 25.6. The molecule has 0 spiro atoms. The number of nitrogens with zero attached hydrogens (tertiary/aromatic N) is 3. The number of hydrogen-bond donors (Lipinski definition) is 0. The molecule has 2 aromatic carbocycles. The number of amides is 2. The van der Waals surface area contributed by atoms with Gasteiger partial charge in [-0.2, -0.15) is 0 Å². The number of para-hydroxylation sites is 1. The van der Waals surface area contributed by atoms with Crippen molar-refractivity contribution in [2.24, 2.45) is 23.7 Å². The largest absolute Gasteiger partial charge is 0.283 e. The molecule has 4 unspecified atom stereocenters. The highest BCUT2D eigenvalue weighted by molar-refractivity contribution is 8.01. The van der Waals surface area contributed by atoms with Crippen LogP contribution in [0, 0.1) is 23.7 Å². The Morgan fingerprint density at radius 2 is 1.76 bits per heavy atom. The zero-order valence-corrected chi connectivity index (χ0v) is 22.3. The van der Waals surface area contributed by atoms with Crippen molar-refractivity contribution < 1.29 is 14.4 Å². The Labute approximate surface area is 227 Å². The van der Waals surface area contributed by atoms with Gasteiger partial charge in [-0.05, 0) is 73.8 Å². The summed E-state index contributed by atoms with van der Waals surface area (Å²) in [6.45, 7) is 0.